The zero-order chi connectivity index (χ0) is 13.4. The molecule has 2 bridgehead atoms. The number of fused-ring (bicyclic) bond motifs is 2. The molecule has 0 spiro atoms. The summed E-state index contributed by atoms with van der Waals surface area (Å²) in [5, 5.41) is 0. The summed E-state index contributed by atoms with van der Waals surface area (Å²) < 4.78 is 5.14. The van der Waals surface area contributed by atoms with E-state index >= 15 is 0 Å². The first kappa shape index (κ1) is 13.4. The highest BCUT2D eigenvalue weighted by atomic mass is 16.5. The molecule has 3 rings (SSSR count). The van der Waals surface area contributed by atoms with Gasteiger partial charge in [-0.3, -0.25) is 9.69 Å². The Hall–Kier alpha value is -0.570. The minimum Gasteiger partial charge on any atom is -0.469 e. The standard InChI is InChI=1S/C16H27NO2/c1-17-12-8-9-14(17)15(16(18)19-2)13(10-12)11-6-4-3-5-7-11/h11-15H,3-10H2,1-2H3/t12-,13-,14?,15?/m1/s1. The molecule has 0 amide bonds. The number of hydrogen-bond donors (Lipinski definition) is 0. The topological polar surface area (TPSA) is 29.5 Å². The molecule has 2 aliphatic heterocycles. The van der Waals surface area contributed by atoms with Crippen molar-refractivity contribution >= 4 is 5.97 Å². The molecule has 2 saturated heterocycles. The highest BCUT2D eigenvalue weighted by Gasteiger charge is 2.51. The summed E-state index contributed by atoms with van der Waals surface area (Å²) in [5.41, 5.74) is 0. The zero-order valence-corrected chi connectivity index (χ0v) is 12.3. The summed E-state index contributed by atoms with van der Waals surface area (Å²) in [7, 11) is 3.76. The summed E-state index contributed by atoms with van der Waals surface area (Å²) in [4.78, 5) is 14.8. The van der Waals surface area contributed by atoms with Crippen LogP contribution in [-0.2, 0) is 9.53 Å². The Morgan fingerprint density at radius 1 is 1.11 bits per heavy atom. The molecule has 0 aromatic heterocycles. The van der Waals surface area contributed by atoms with E-state index in [2.05, 4.69) is 11.9 Å². The third kappa shape index (κ3) is 2.31. The van der Waals surface area contributed by atoms with Gasteiger partial charge in [0.25, 0.3) is 0 Å². The molecule has 1 aliphatic carbocycles. The molecule has 2 heterocycles. The van der Waals surface area contributed by atoms with Crippen LogP contribution in [0.25, 0.3) is 0 Å². The zero-order valence-electron chi connectivity index (χ0n) is 12.3. The number of carbonyl (C=O) groups is 1. The lowest BCUT2D eigenvalue weighted by atomic mass is 9.68. The van der Waals surface area contributed by atoms with Gasteiger partial charge in [-0.1, -0.05) is 32.1 Å². The Morgan fingerprint density at radius 3 is 2.53 bits per heavy atom. The van der Waals surface area contributed by atoms with Gasteiger partial charge in [0.2, 0.25) is 0 Å². The van der Waals surface area contributed by atoms with E-state index in [0.717, 1.165) is 12.0 Å². The van der Waals surface area contributed by atoms with Gasteiger partial charge < -0.3 is 4.74 Å². The lowest BCUT2D eigenvalue weighted by Crippen LogP contribution is -2.51. The molecule has 3 aliphatic rings. The molecular formula is C16H27NO2. The van der Waals surface area contributed by atoms with Crippen LogP contribution in [0, 0.1) is 17.8 Å². The van der Waals surface area contributed by atoms with Crippen molar-refractivity contribution in [2.45, 2.75) is 63.5 Å². The predicted octanol–water partition coefficient (Wildman–Crippen LogP) is 2.84. The van der Waals surface area contributed by atoms with Crippen LogP contribution in [-0.4, -0.2) is 37.1 Å². The summed E-state index contributed by atoms with van der Waals surface area (Å²) in [6.45, 7) is 0. The first-order chi connectivity index (χ1) is 9.22. The van der Waals surface area contributed by atoms with Gasteiger partial charge in [-0.2, -0.15) is 0 Å². The first-order valence-electron chi connectivity index (χ1n) is 8.02. The highest BCUT2D eigenvalue weighted by molar-refractivity contribution is 5.74. The number of methoxy groups -OCH3 is 1. The van der Waals surface area contributed by atoms with Crippen molar-refractivity contribution < 1.29 is 9.53 Å². The third-order valence-corrected chi connectivity index (χ3v) is 6.04. The molecular weight excluding hydrogens is 238 g/mol. The fourth-order valence-corrected chi connectivity index (χ4v) is 5.02. The van der Waals surface area contributed by atoms with Crippen molar-refractivity contribution in [3.63, 3.8) is 0 Å². The second-order valence-corrected chi connectivity index (χ2v) is 6.81. The highest BCUT2D eigenvalue weighted by Crippen LogP contribution is 2.47. The quantitative estimate of drug-likeness (QED) is 0.719. The number of rotatable bonds is 2. The number of nitrogens with zero attached hydrogens (tertiary/aromatic N) is 1. The predicted molar refractivity (Wildman–Crippen MR) is 74.8 cm³/mol. The Labute approximate surface area is 116 Å². The Morgan fingerprint density at radius 2 is 1.84 bits per heavy atom. The summed E-state index contributed by atoms with van der Waals surface area (Å²) in [6.07, 6.45) is 10.5. The van der Waals surface area contributed by atoms with Crippen molar-refractivity contribution in [3.8, 4) is 0 Å². The van der Waals surface area contributed by atoms with E-state index in [1.807, 2.05) is 0 Å². The number of esters is 1. The summed E-state index contributed by atoms with van der Waals surface area (Å²) >= 11 is 0. The monoisotopic (exact) mass is 265 g/mol. The van der Waals surface area contributed by atoms with Crippen LogP contribution in [0.4, 0.5) is 0 Å². The molecule has 108 valence electrons. The van der Waals surface area contributed by atoms with Crippen LogP contribution in [0.15, 0.2) is 0 Å². The molecule has 0 radical (unpaired) electrons. The smallest absolute Gasteiger partial charge is 0.310 e. The van der Waals surface area contributed by atoms with Crippen LogP contribution in [0.1, 0.15) is 51.4 Å². The molecule has 4 atom stereocenters. The van der Waals surface area contributed by atoms with Crippen LogP contribution in [0.3, 0.4) is 0 Å². The van der Waals surface area contributed by atoms with Gasteiger partial charge >= 0.3 is 5.97 Å². The average Bonchev–Trinajstić information content (AvgIpc) is 2.70. The van der Waals surface area contributed by atoms with Gasteiger partial charge in [-0.15, -0.1) is 0 Å². The Bertz CT molecular complexity index is 338. The van der Waals surface area contributed by atoms with Gasteiger partial charge in [-0.25, -0.2) is 0 Å². The van der Waals surface area contributed by atoms with Crippen LogP contribution >= 0.6 is 0 Å². The second kappa shape index (κ2) is 5.43. The number of piperidine rings is 1. The number of carbonyl (C=O) groups excluding carboxylic acids is 1. The molecule has 2 unspecified atom stereocenters. The number of hydrogen-bond acceptors (Lipinski definition) is 3. The molecule has 0 aromatic carbocycles. The molecule has 1 saturated carbocycles. The molecule has 19 heavy (non-hydrogen) atoms. The largest absolute Gasteiger partial charge is 0.469 e. The van der Waals surface area contributed by atoms with Crippen LogP contribution < -0.4 is 0 Å². The van der Waals surface area contributed by atoms with Crippen molar-refractivity contribution in [3.05, 3.63) is 0 Å². The number of ether oxygens (including phenoxy) is 1. The van der Waals surface area contributed by atoms with E-state index in [1.54, 1.807) is 7.11 Å². The van der Waals surface area contributed by atoms with Crippen LogP contribution in [0.5, 0.6) is 0 Å². The van der Waals surface area contributed by atoms with Crippen LogP contribution in [0.2, 0.25) is 0 Å². The van der Waals surface area contributed by atoms with E-state index in [-0.39, 0.29) is 11.9 Å². The molecule has 3 heteroatoms. The molecule has 0 N–H and O–H groups in total. The maximum atomic E-state index is 12.3. The van der Waals surface area contributed by atoms with Crippen molar-refractivity contribution in [1.82, 2.24) is 4.90 Å². The van der Waals surface area contributed by atoms with Crippen molar-refractivity contribution in [1.29, 1.82) is 0 Å². The van der Waals surface area contributed by atoms with E-state index in [0.29, 0.717) is 12.0 Å². The lowest BCUT2D eigenvalue weighted by molar-refractivity contribution is -0.154. The Kier molecular flexibility index (Phi) is 3.84. The van der Waals surface area contributed by atoms with Gasteiger partial charge in [0.1, 0.15) is 0 Å². The van der Waals surface area contributed by atoms with Gasteiger partial charge in [0, 0.05) is 12.1 Å². The Balaban J connectivity index is 1.82. The average molecular weight is 265 g/mol. The van der Waals surface area contributed by atoms with E-state index < -0.39 is 0 Å². The lowest BCUT2D eigenvalue weighted by Gasteiger charge is -2.45. The molecule has 3 nitrogen and oxygen atoms in total. The molecule has 0 aromatic rings. The van der Waals surface area contributed by atoms with Crippen molar-refractivity contribution in [2.75, 3.05) is 14.2 Å². The van der Waals surface area contributed by atoms with E-state index in [9.17, 15) is 4.79 Å². The maximum Gasteiger partial charge on any atom is 0.310 e. The van der Waals surface area contributed by atoms with Gasteiger partial charge in [0.05, 0.1) is 13.0 Å². The normalized spacial score (nSPS) is 40.3. The SMILES string of the molecule is COC(=O)C1C2CC[C@H](C[C@@H]1C1CCCCC1)N2C. The van der Waals surface area contributed by atoms with Crippen molar-refractivity contribution in [2.24, 2.45) is 17.8 Å². The first-order valence-corrected chi connectivity index (χ1v) is 8.02. The third-order valence-electron chi connectivity index (χ3n) is 6.04. The summed E-state index contributed by atoms with van der Waals surface area (Å²) in [6, 6.07) is 1.16. The fourth-order valence-electron chi connectivity index (χ4n) is 5.02. The summed E-state index contributed by atoms with van der Waals surface area (Å²) in [5.74, 6) is 1.54. The fraction of sp³-hybridized carbons (Fsp3) is 0.938. The van der Waals surface area contributed by atoms with Gasteiger partial charge in [0.15, 0.2) is 0 Å². The van der Waals surface area contributed by atoms with Gasteiger partial charge in [-0.05, 0) is 38.1 Å². The molecule has 3 fully saturated rings. The maximum absolute atomic E-state index is 12.3. The van der Waals surface area contributed by atoms with E-state index in [4.69, 9.17) is 4.74 Å². The minimum atomic E-state index is 0.0489. The van der Waals surface area contributed by atoms with E-state index in [1.165, 1.54) is 51.4 Å². The second-order valence-electron chi connectivity index (χ2n) is 6.81. The minimum absolute atomic E-state index is 0.0489.